The first-order valence-electron chi connectivity index (χ1n) is 6.65. The van der Waals surface area contributed by atoms with Crippen molar-refractivity contribution < 1.29 is 4.79 Å². The van der Waals surface area contributed by atoms with Crippen LogP contribution in [0.3, 0.4) is 0 Å². The Bertz CT molecular complexity index is 442. The molecule has 0 saturated carbocycles. The molecule has 0 radical (unpaired) electrons. The molecule has 1 atom stereocenters. The summed E-state index contributed by atoms with van der Waals surface area (Å²) in [7, 11) is 1.95. The number of rotatable bonds is 5. The molecular weight excluding hydrogens is 242 g/mol. The van der Waals surface area contributed by atoms with Gasteiger partial charge in [-0.2, -0.15) is 0 Å². The predicted octanol–water partition coefficient (Wildman–Crippen LogP) is 0.297. The van der Waals surface area contributed by atoms with Crippen molar-refractivity contribution in [2.45, 2.75) is 18.8 Å². The lowest BCUT2D eigenvalue weighted by Gasteiger charge is -2.32. The highest BCUT2D eigenvalue weighted by Gasteiger charge is 2.26. The second kappa shape index (κ2) is 6.47. The number of piperidine rings is 1. The Balaban J connectivity index is 1.92. The Labute approximate surface area is 113 Å². The molecule has 104 valence electrons. The van der Waals surface area contributed by atoms with Gasteiger partial charge < -0.3 is 14.8 Å². The van der Waals surface area contributed by atoms with Gasteiger partial charge in [-0.3, -0.25) is 4.79 Å². The van der Waals surface area contributed by atoms with Gasteiger partial charge in [-0.1, -0.05) is 6.08 Å². The number of carbonyl (C=O) groups excluding carboxylic acids is 1. The van der Waals surface area contributed by atoms with E-state index < -0.39 is 0 Å². The third-order valence-corrected chi connectivity index (χ3v) is 3.45. The van der Waals surface area contributed by atoms with Crippen molar-refractivity contribution in [1.29, 1.82) is 0 Å². The van der Waals surface area contributed by atoms with Gasteiger partial charge in [-0.15, -0.1) is 16.8 Å². The molecule has 1 N–H and O–H groups in total. The number of nitrogens with one attached hydrogen (secondary N) is 1. The fourth-order valence-electron chi connectivity index (χ4n) is 2.47. The average molecular weight is 263 g/mol. The van der Waals surface area contributed by atoms with Crippen LogP contribution in [0.25, 0.3) is 0 Å². The van der Waals surface area contributed by atoms with E-state index in [1.54, 1.807) is 12.4 Å². The Hall–Kier alpha value is -1.69. The quantitative estimate of drug-likeness (QED) is 0.613. The van der Waals surface area contributed by atoms with Crippen molar-refractivity contribution in [3.05, 3.63) is 24.8 Å². The van der Waals surface area contributed by atoms with Crippen LogP contribution in [-0.2, 0) is 11.8 Å². The maximum atomic E-state index is 12.1. The van der Waals surface area contributed by atoms with E-state index in [0.29, 0.717) is 19.0 Å². The van der Waals surface area contributed by atoms with Crippen LogP contribution >= 0.6 is 0 Å². The summed E-state index contributed by atoms with van der Waals surface area (Å²) in [6.45, 7) is 6.23. The molecule has 19 heavy (non-hydrogen) atoms. The van der Waals surface area contributed by atoms with Gasteiger partial charge in [0, 0.05) is 32.6 Å². The van der Waals surface area contributed by atoms with E-state index in [1.807, 2.05) is 16.5 Å². The summed E-state index contributed by atoms with van der Waals surface area (Å²) in [6.07, 6.45) is 5.55. The monoisotopic (exact) mass is 263 g/mol. The maximum Gasteiger partial charge on any atom is 0.236 e. The third kappa shape index (κ3) is 3.41. The lowest BCUT2D eigenvalue weighted by Crippen LogP contribution is -2.43. The molecule has 0 spiro atoms. The fourth-order valence-corrected chi connectivity index (χ4v) is 2.47. The minimum absolute atomic E-state index is 0.147. The van der Waals surface area contributed by atoms with Crippen molar-refractivity contribution in [2.75, 3.05) is 26.2 Å². The van der Waals surface area contributed by atoms with Gasteiger partial charge in [0.15, 0.2) is 0 Å². The SMILES string of the molecule is C=CCNCC(=O)N1CCCC(c2nncn2C)C1. The summed E-state index contributed by atoms with van der Waals surface area (Å²) in [5.74, 6) is 1.41. The molecule has 1 aliphatic rings. The molecule has 0 aliphatic carbocycles. The molecule has 1 aromatic heterocycles. The lowest BCUT2D eigenvalue weighted by molar-refractivity contribution is -0.131. The molecule has 1 amide bonds. The van der Waals surface area contributed by atoms with Crippen LogP contribution in [0.1, 0.15) is 24.6 Å². The highest BCUT2D eigenvalue weighted by atomic mass is 16.2. The minimum Gasteiger partial charge on any atom is -0.341 e. The van der Waals surface area contributed by atoms with Gasteiger partial charge in [0.25, 0.3) is 0 Å². The first-order valence-corrected chi connectivity index (χ1v) is 6.65. The average Bonchev–Trinajstić information content (AvgIpc) is 2.85. The van der Waals surface area contributed by atoms with Crippen LogP contribution in [0, 0.1) is 0 Å². The van der Waals surface area contributed by atoms with E-state index in [2.05, 4.69) is 22.1 Å². The number of aryl methyl sites for hydroxylation is 1. The van der Waals surface area contributed by atoms with Crippen molar-refractivity contribution in [3.8, 4) is 0 Å². The van der Waals surface area contributed by atoms with Crippen molar-refractivity contribution in [3.63, 3.8) is 0 Å². The summed E-state index contributed by atoms with van der Waals surface area (Å²) in [5.41, 5.74) is 0. The second-order valence-electron chi connectivity index (χ2n) is 4.90. The van der Waals surface area contributed by atoms with E-state index in [4.69, 9.17) is 0 Å². The Kier molecular flexibility index (Phi) is 4.68. The number of likely N-dealkylation sites (tertiary alicyclic amines) is 1. The largest absolute Gasteiger partial charge is 0.341 e. The van der Waals surface area contributed by atoms with Crippen LogP contribution in [0.5, 0.6) is 0 Å². The molecule has 0 aromatic carbocycles. The summed E-state index contributed by atoms with van der Waals surface area (Å²) in [6, 6.07) is 0. The zero-order chi connectivity index (χ0) is 13.7. The van der Waals surface area contributed by atoms with Gasteiger partial charge in [0.2, 0.25) is 5.91 Å². The Morgan fingerprint density at radius 3 is 3.21 bits per heavy atom. The standard InChI is InChI=1S/C13H21N5O/c1-3-6-14-8-12(19)18-7-4-5-11(9-18)13-16-15-10-17(13)2/h3,10-11,14H,1,4-9H2,2H3. The van der Waals surface area contributed by atoms with Crippen LogP contribution in [0.2, 0.25) is 0 Å². The van der Waals surface area contributed by atoms with Crippen molar-refractivity contribution in [2.24, 2.45) is 7.05 Å². The zero-order valence-electron chi connectivity index (χ0n) is 11.4. The number of nitrogens with zero attached hydrogens (tertiary/aromatic N) is 4. The van der Waals surface area contributed by atoms with Gasteiger partial charge in [0.05, 0.1) is 6.54 Å². The highest BCUT2D eigenvalue weighted by Crippen LogP contribution is 2.24. The smallest absolute Gasteiger partial charge is 0.236 e. The number of carbonyl (C=O) groups is 1. The third-order valence-electron chi connectivity index (χ3n) is 3.45. The molecule has 1 aromatic rings. The van der Waals surface area contributed by atoms with Crippen LogP contribution in [0.4, 0.5) is 0 Å². The summed E-state index contributed by atoms with van der Waals surface area (Å²) in [5, 5.41) is 11.1. The number of aromatic nitrogens is 3. The summed E-state index contributed by atoms with van der Waals surface area (Å²) < 4.78 is 1.94. The Morgan fingerprint density at radius 1 is 1.68 bits per heavy atom. The number of amides is 1. The van der Waals surface area contributed by atoms with Crippen molar-refractivity contribution >= 4 is 5.91 Å². The lowest BCUT2D eigenvalue weighted by atomic mass is 9.97. The molecule has 2 heterocycles. The molecule has 2 rings (SSSR count). The van der Waals surface area contributed by atoms with Gasteiger partial charge in [-0.25, -0.2) is 0 Å². The molecule has 1 saturated heterocycles. The van der Waals surface area contributed by atoms with E-state index in [1.165, 1.54) is 0 Å². The maximum absolute atomic E-state index is 12.1. The minimum atomic E-state index is 0.147. The van der Waals surface area contributed by atoms with Crippen LogP contribution in [0.15, 0.2) is 19.0 Å². The van der Waals surface area contributed by atoms with Gasteiger partial charge >= 0.3 is 0 Å². The number of hydrogen-bond acceptors (Lipinski definition) is 4. The predicted molar refractivity (Wildman–Crippen MR) is 72.6 cm³/mol. The first kappa shape index (κ1) is 13.7. The highest BCUT2D eigenvalue weighted by molar-refractivity contribution is 5.78. The molecule has 1 unspecified atom stereocenters. The summed E-state index contributed by atoms with van der Waals surface area (Å²) >= 11 is 0. The fraction of sp³-hybridized carbons (Fsp3) is 0.615. The Morgan fingerprint density at radius 2 is 2.53 bits per heavy atom. The normalized spacial score (nSPS) is 19.4. The zero-order valence-corrected chi connectivity index (χ0v) is 11.4. The molecule has 1 aliphatic heterocycles. The van der Waals surface area contributed by atoms with E-state index in [0.717, 1.165) is 31.8 Å². The molecule has 6 nitrogen and oxygen atoms in total. The molecule has 0 bridgehead atoms. The van der Waals surface area contributed by atoms with Crippen LogP contribution < -0.4 is 5.32 Å². The van der Waals surface area contributed by atoms with E-state index >= 15 is 0 Å². The van der Waals surface area contributed by atoms with Crippen molar-refractivity contribution in [1.82, 2.24) is 25.0 Å². The summed E-state index contributed by atoms with van der Waals surface area (Å²) in [4.78, 5) is 14.0. The second-order valence-corrected chi connectivity index (χ2v) is 4.90. The topological polar surface area (TPSA) is 63.1 Å². The molecule has 6 heteroatoms. The number of hydrogen-bond donors (Lipinski definition) is 1. The molecule has 1 fully saturated rings. The van der Waals surface area contributed by atoms with Gasteiger partial charge in [-0.05, 0) is 12.8 Å². The van der Waals surface area contributed by atoms with E-state index in [9.17, 15) is 4.79 Å². The van der Waals surface area contributed by atoms with E-state index in [-0.39, 0.29) is 5.91 Å². The first-order chi connectivity index (χ1) is 9.22. The van der Waals surface area contributed by atoms with Crippen LogP contribution in [-0.4, -0.2) is 51.8 Å². The molecular formula is C13H21N5O. The van der Waals surface area contributed by atoms with Gasteiger partial charge in [0.1, 0.15) is 12.2 Å².